The number of benzene rings is 1. The lowest BCUT2D eigenvalue weighted by Gasteiger charge is -2.12. The van der Waals surface area contributed by atoms with E-state index in [1.165, 1.54) is 0 Å². The third kappa shape index (κ3) is 1.26. The minimum absolute atomic E-state index is 0.151. The Hall–Kier alpha value is -1.71. The summed E-state index contributed by atoms with van der Waals surface area (Å²) >= 11 is 0. The number of hydrogen-bond acceptors (Lipinski definition) is 2. The molecule has 1 aromatic carbocycles. The lowest BCUT2D eigenvalue weighted by Crippen LogP contribution is -2.32. The molecule has 82 valence electrons. The molecule has 0 aromatic heterocycles. The molecule has 0 N–H and O–H groups in total. The molecule has 2 aliphatic rings. The number of nitrogens with zero attached hydrogens (tertiary/aromatic N) is 1. The van der Waals surface area contributed by atoms with Crippen LogP contribution in [0, 0.1) is 5.92 Å². The van der Waals surface area contributed by atoms with Crippen LogP contribution in [0.25, 0.3) is 0 Å². The largest absolute Gasteiger partial charge is 0.274 e. The predicted molar refractivity (Wildman–Crippen MR) is 54.8 cm³/mol. The van der Waals surface area contributed by atoms with E-state index in [1.807, 2.05) is 0 Å². The smallest absolute Gasteiger partial charge is 0.261 e. The standard InChI is InChI=1S/C12H10FNO2/c13-10-5-7(10)6-14-11(15)8-3-1-2-4-9(8)12(14)16/h1-4,7,10H,5-6H2/t7-,10+/m1/s1. The van der Waals surface area contributed by atoms with Gasteiger partial charge in [-0.3, -0.25) is 14.5 Å². The van der Waals surface area contributed by atoms with E-state index in [0.29, 0.717) is 17.5 Å². The quantitative estimate of drug-likeness (QED) is 0.709. The highest BCUT2D eigenvalue weighted by molar-refractivity contribution is 6.21. The summed E-state index contributed by atoms with van der Waals surface area (Å²) in [6, 6.07) is 6.72. The molecule has 1 aliphatic carbocycles. The first kappa shape index (κ1) is 9.51. The zero-order valence-electron chi connectivity index (χ0n) is 8.52. The van der Waals surface area contributed by atoms with Crippen LogP contribution in [-0.4, -0.2) is 29.4 Å². The van der Waals surface area contributed by atoms with Crippen LogP contribution in [-0.2, 0) is 0 Å². The van der Waals surface area contributed by atoms with Crippen LogP contribution in [0.4, 0.5) is 4.39 Å². The van der Waals surface area contributed by atoms with E-state index in [0.717, 1.165) is 4.90 Å². The molecule has 2 atom stereocenters. The molecule has 1 fully saturated rings. The summed E-state index contributed by atoms with van der Waals surface area (Å²) in [5, 5.41) is 0. The summed E-state index contributed by atoms with van der Waals surface area (Å²) in [7, 11) is 0. The Morgan fingerprint density at radius 2 is 1.69 bits per heavy atom. The molecule has 0 unspecified atom stereocenters. The van der Waals surface area contributed by atoms with Gasteiger partial charge in [-0.2, -0.15) is 0 Å². The van der Waals surface area contributed by atoms with E-state index in [2.05, 4.69) is 0 Å². The van der Waals surface area contributed by atoms with Gasteiger partial charge in [-0.15, -0.1) is 0 Å². The normalized spacial score (nSPS) is 27.2. The van der Waals surface area contributed by atoms with Crippen LogP contribution in [0.3, 0.4) is 0 Å². The average molecular weight is 219 g/mol. The van der Waals surface area contributed by atoms with Crippen molar-refractivity contribution in [3.05, 3.63) is 35.4 Å². The average Bonchev–Trinajstić information content (AvgIpc) is 2.94. The Balaban J connectivity index is 1.89. The number of amides is 2. The van der Waals surface area contributed by atoms with Gasteiger partial charge in [0.2, 0.25) is 0 Å². The molecule has 4 heteroatoms. The lowest BCUT2D eigenvalue weighted by atomic mass is 10.1. The summed E-state index contributed by atoms with van der Waals surface area (Å²) in [4.78, 5) is 24.9. The van der Waals surface area contributed by atoms with E-state index in [9.17, 15) is 14.0 Å². The van der Waals surface area contributed by atoms with Gasteiger partial charge in [-0.1, -0.05) is 12.1 Å². The van der Waals surface area contributed by atoms with Crippen molar-refractivity contribution in [2.24, 2.45) is 5.92 Å². The maximum atomic E-state index is 12.8. The van der Waals surface area contributed by atoms with Gasteiger partial charge in [0.25, 0.3) is 11.8 Å². The minimum atomic E-state index is -0.843. The highest BCUT2D eigenvalue weighted by Gasteiger charge is 2.44. The molecule has 2 amide bonds. The zero-order valence-corrected chi connectivity index (χ0v) is 8.52. The summed E-state index contributed by atoms with van der Waals surface area (Å²) in [6.45, 7) is 0.216. The molecule has 3 rings (SSSR count). The molecular weight excluding hydrogens is 209 g/mol. The van der Waals surface area contributed by atoms with Crippen LogP contribution in [0.1, 0.15) is 27.1 Å². The van der Waals surface area contributed by atoms with Gasteiger partial charge in [0, 0.05) is 12.5 Å². The van der Waals surface area contributed by atoms with Crippen LogP contribution >= 0.6 is 0 Å². The molecule has 3 nitrogen and oxygen atoms in total. The second kappa shape index (κ2) is 3.14. The second-order valence-electron chi connectivity index (χ2n) is 4.28. The minimum Gasteiger partial charge on any atom is -0.274 e. The van der Waals surface area contributed by atoms with E-state index < -0.39 is 6.17 Å². The molecule has 1 aromatic rings. The highest BCUT2D eigenvalue weighted by atomic mass is 19.1. The van der Waals surface area contributed by atoms with Gasteiger partial charge in [-0.05, 0) is 18.6 Å². The first-order valence-corrected chi connectivity index (χ1v) is 5.28. The van der Waals surface area contributed by atoms with Gasteiger partial charge in [0.1, 0.15) is 6.17 Å². The van der Waals surface area contributed by atoms with Crippen LogP contribution < -0.4 is 0 Å². The van der Waals surface area contributed by atoms with Crippen molar-refractivity contribution in [1.82, 2.24) is 4.90 Å². The van der Waals surface area contributed by atoms with Crippen molar-refractivity contribution in [2.45, 2.75) is 12.6 Å². The highest BCUT2D eigenvalue weighted by Crippen LogP contribution is 2.36. The Bertz CT molecular complexity index is 451. The summed E-state index contributed by atoms with van der Waals surface area (Å²) in [5.41, 5.74) is 0.868. The Morgan fingerprint density at radius 1 is 1.19 bits per heavy atom. The predicted octanol–water partition coefficient (Wildman–Crippen LogP) is 1.64. The fourth-order valence-electron chi connectivity index (χ4n) is 2.04. The number of rotatable bonds is 2. The maximum absolute atomic E-state index is 12.8. The first-order valence-electron chi connectivity index (χ1n) is 5.28. The molecule has 0 saturated heterocycles. The van der Waals surface area contributed by atoms with E-state index >= 15 is 0 Å². The van der Waals surface area contributed by atoms with E-state index in [1.54, 1.807) is 24.3 Å². The number of halogens is 1. The fraction of sp³-hybridized carbons (Fsp3) is 0.333. The lowest BCUT2D eigenvalue weighted by molar-refractivity contribution is 0.0644. The number of carbonyl (C=O) groups is 2. The summed E-state index contributed by atoms with van der Waals surface area (Å²) in [5.74, 6) is -0.735. The molecule has 0 spiro atoms. The monoisotopic (exact) mass is 219 g/mol. The van der Waals surface area contributed by atoms with Crippen molar-refractivity contribution in [2.75, 3.05) is 6.54 Å². The molecule has 1 heterocycles. The third-order valence-corrected chi connectivity index (χ3v) is 3.13. The molecule has 0 radical (unpaired) electrons. The maximum Gasteiger partial charge on any atom is 0.261 e. The molecule has 1 saturated carbocycles. The van der Waals surface area contributed by atoms with Crippen LogP contribution in [0.2, 0.25) is 0 Å². The summed E-state index contributed by atoms with van der Waals surface area (Å²) < 4.78 is 12.8. The number of imide groups is 1. The molecular formula is C12H10FNO2. The number of hydrogen-bond donors (Lipinski definition) is 0. The van der Waals surface area contributed by atoms with Gasteiger partial charge in [0.05, 0.1) is 11.1 Å². The van der Waals surface area contributed by atoms with Crippen molar-refractivity contribution in [3.63, 3.8) is 0 Å². The van der Waals surface area contributed by atoms with Crippen molar-refractivity contribution >= 4 is 11.8 Å². The van der Waals surface area contributed by atoms with Crippen molar-refractivity contribution in [1.29, 1.82) is 0 Å². The van der Waals surface area contributed by atoms with Crippen molar-refractivity contribution < 1.29 is 14.0 Å². The topological polar surface area (TPSA) is 37.4 Å². The van der Waals surface area contributed by atoms with Gasteiger partial charge in [-0.25, -0.2) is 4.39 Å². The summed E-state index contributed by atoms with van der Waals surface area (Å²) in [6.07, 6.45) is -0.378. The number of carbonyl (C=O) groups excluding carboxylic acids is 2. The van der Waals surface area contributed by atoms with Gasteiger partial charge < -0.3 is 0 Å². The fourth-order valence-corrected chi connectivity index (χ4v) is 2.04. The Labute approximate surface area is 91.9 Å². The first-order chi connectivity index (χ1) is 7.68. The van der Waals surface area contributed by atoms with Crippen LogP contribution in [0.5, 0.6) is 0 Å². The third-order valence-electron chi connectivity index (χ3n) is 3.13. The van der Waals surface area contributed by atoms with Gasteiger partial charge in [0.15, 0.2) is 0 Å². The van der Waals surface area contributed by atoms with Crippen LogP contribution in [0.15, 0.2) is 24.3 Å². The van der Waals surface area contributed by atoms with Crippen molar-refractivity contribution in [3.8, 4) is 0 Å². The zero-order chi connectivity index (χ0) is 11.3. The number of fused-ring (bicyclic) bond motifs is 1. The number of alkyl halides is 1. The SMILES string of the molecule is O=C1c2ccccc2C(=O)N1C[C@H]1C[C@@H]1F. The van der Waals surface area contributed by atoms with E-state index in [-0.39, 0.29) is 24.3 Å². The Kier molecular flexibility index (Phi) is 1.87. The van der Waals surface area contributed by atoms with Gasteiger partial charge >= 0.3 is 0 Å². The molecule has 0 bridgehead atoms. The second-order valence-corrected chi connectivity index (χ2v) is 4.28. The van der Waals surface area contributed by atoms with E-state index in [4.69, 9.17) is 0 Å². The molecule has 1 aliphatic heterocycles. The molecule has 16 heavy (non-hydrogen) atoms. The Morgan fingerprint density at radius 3 is 2.12 bits per heavy atom.